The topological polar surface area (TPSA) is 17.1 Å². The van der Waals surface area contributed by atoms with Crippen molar-refractivity contribution in [2.24, 2.45) is 0 Å². The second-order valence-corrected chi connectivity index (χ2v) is 4.83. The van der Waals surface area contributed by atoms with E-state index >= 15 is 0 Å². The van der Waals surface area contributed by atoms with E-state index in [0.29, 0.717) is 12.0 Å². The van der Waals surface area contributed by atoms with E-state index in [1.54, 1.807) is 6.92 Å². The van der Waals surface area contributed by atoms with Crippen LogP contribution in [0.2, 0.25) is 0 Å². The third kappa shape index (κ3) is 2.57. The molecule has 0 aromatic heterocycles. The Bertz CT molecular complexity index is 463. The van der Waals surface area contributed by atoms with Gasteiger partial charge in [0, 0.05) is 12.3 Å². The predicted molar refractivity (Wildman–Crippen MR) is 62.4 cm³/mol. The van der Waals surface area contributed by atoms with Gasteiger partial charge in [-0.3, -0.25) is 4.79 Å². The molecule has 0 spiro atoms. The Balaban J connectivity index is 2.32. The minimum absolute atomic E-state index is 0.157. The molecule has 1 aromatic rings. The van der Waals surface area contributed by atoms with Gasteiger partial charge in [0.25, 0.3) is 0 Å². The summed E-state index contributed by atoms with van der Waals surface area (Å²) in [7, 11) is 0. The van der Waals surface area contributed by atoms with Crippen LogP contribution >= 0.6 is 0 Å². The second kappa shape index (κ2) is 4.75. The average molecular weight is 256 g/mol. The minimum Gasteiger partial charge on any atom is -0.299 e. The third-order valence-corrected chi connectivity index (χ3v) is 3.53. The molecule has 0 saturated heterocycles. The van der Waals surface area contributed by atoms with Crippen LogP contribution in [0.4, 0.5) is 13.2 Å². The normalized spacial score (nSPS) is 21.1. The summed E-state index contributed by atoms with van der Waals surface area (Å²) in [4.78, 5) is 11.8. The smallest absolute Gasteiger partial charge is 0.299 e. The van der Waals surface area contributed by atoms with Crippen LogP contribution < -0.4 is 0 Å². The minimum atomic E-state index is -4.32. The monoisotopic (exact) mass is 256 g/mol. The highest BCUT2D eigenvalue weighted by Crippen LogP contribution is 2.35. The molecule has 0 aliphatic heterocycles. The standard InChI is InChI=1S/C14H15F3O/c1-9-8-10(14(15,16)17)6-7-11(9)12-4-2-3-5-13(12)18/h6-8,12H,2-5H2,1H3. The zero-order valence-electron chi connectivity index (χ0n) is 10.2. The van der Waals surface area contributed by atoms with Gasteiger partial charge in [-0.15, -0.1) is 0 Å². The summed E-state index contributed by atoms with van der Waals surface area (Å²) in [5, 5.41) is 0. The van der Waals surface area contributed by atoms with Crippen LogP contribution in [0.25, 0.3) is 0 Å². The van der Waals surface area contributed by atoms with Crippen LogP contribution in [0.3, 0.4) is 0 Å². The lowest BCUT2D eigenvalue weighted by Gasteiger charge is -2.23. The second-order valence-electron chi connectivity index (χ2n) is 4.83. The van der Waals surface area contributed by atoms with Gasteiger partial charge in [0.1, 0.15) is 5.78 Å². The van der Waals surface area contributed by atoms with E-state index in [2.05, 4.69) is 0 Å². The molecule has 0 N–H and O–H groups in total. The summed E-state index contributed by atoms with van der Waals surface area (Å²) in [6, 6.07) is 3.67. The Labute approximate surface area is 104 Å². The van der Waals surface area contributed by atoms with Crippen molar-refractivity contribution in [1.82, 2.24) is 0 Å². The van der Waals surface area contributed by atoms with Gasteiger partial charge in [-0.2, -0.15) is 13.2 Å². The lowest BCUT2D eigenvalue weighted by molar-refractivity contribution is -0.137. The lowest BCUT2D eigenvalue weighted by atomic mass is 9.81. The van der Waals surface area contributed by atoms with E-state index in [4.69, 9.17) is 0 Å². The predicted octanol–water partition coefficient (Wildman–Crippen LogP) is 4.24. The van der Waals surface area contributed by atoms with E-state index in [1.807, 2.05) is 0 Å². The molecule has 0 heterocycles. The highest BCUT2D eigenvalue weighted by atomic mass is 19.4. The molecular formula is C14H15F3O. The number of rotatable bonds is 1. The number of aryl methyl sites for hydroxylation is 1. The van der Waals surface area contributed by atoms with E-state index in [0.717, 1.165) is 37.0 Å². The first-order valence-corrected chi connectivity index (χ1v) is 6.10. The van der Waals surface area contributed by atoms with Crippen LogP contribution in [0.1, 0.15) is 48.3 Å². The van der Waals surface area contributed by atoms with E-state index < -0.39 is 11.7 Å². The maximum Gasteiger partial charge on any atom is 0.416 e. The summed E-state index contributed by atoms with van der Waals surface area (Å²) in [6.07, 6.45) is -1.15. The van der Waals surface area contributed by atoms with Crippen molar-refractivity contribution in [1.29, 1.82) is 0 Å². The molecule has 1 aromatic carbocycles. The summed E-state index contributed by atoms with van der Waals surface area (Å²) in [5.74, 6) is -0.0508. The number of carbonyl (C=O) groups is 1. The Morgan fingerprint density at radius 1 is 1.22 bits per heavy atom. The third-order valence-electron chi connectivity index (χ3n) is 3.53. The number of hydrogen-bond donors (Lipinski definition) is 0. The molecule has 0 radical (unpaired) electrons. The van der Waals surface area contributed by atoms with Gasteiger partial charge in [0.15, 0.2) is 0 Å². The Morgan fingerprint density at radius 2 is 1.94 bits per heavy atom. The molecule has 4 heteroatoms. The number of Topliss-reactive ketones (excluding diaryl/α,β-unsaturated/α-hetero) is 1. The number of hydrogen-bond acceptors (Lipinski definition) is 1. The molecule has 1 fully saturated rings. The van der Waals surface area contributed by atoms with E-state index in [1.165, 1.54) is 6.07 Å². The van der Waals surface area contributed by atoms with Crippen LogP contribution in [-0.2, 0) is 11.0 Å². The summed E-state index contributed by atoms with van der Waals surface area (Å²) < 4.78 is 37.7. The first-order chi connectivity index (χ1) is 8.39. The molecule has 1 aliphatic rings. The molecular weight excluding hydrogens is 241 g/mol. The fourth-order valence-corrected chi connectivity index (χ4v) is 2.55. The molecule has 0 amide bonds. The molecule has 1 atom stereocenters. The summed E-state index contributed by atoms with van der Waals surface area (Å²) >= 11 is 0. The van der Waals surface area contributed by atoms with Crippen molar-refractivity contribution in [2.45, 2.75) is 44.7 Å². The van der Waals surface area contributed by atoms with Crippen molar-refractivity contribution >= 4 is 5.78 Å². The number of carbonyl (C=O) groups excluding carboxylic acids is 1. The van der Waals surface area contributed by atoms with Gasteiger partial charge in [0.05, 0.1) is 5.56 Å². The van der Waals surface area contributed by atoms with Gasteiger partial charge in [-0.25, -0.2) is 0 Å². The maximum atomic E-state index is 12.6. The van der Waals surface area contributed by atoms with Gasteiger partial charge < -0.3 is 0 Å². The Hall–Kier alpha value is -1.32. The zero-order valence-corrected chi connectivity index (χ0v) is 10.2. The molecule has 18 heavy (non-hydrogen) atoms. The van der Waals surface area contributed by atoms with Gasteiger partial charge in [-0.1, -0.05) is 12.5 Å². The highest BCUT2D eigenvalue weighted by Gasteiger charge is 2.32. The van der Waals surface area contributed by atoms with Crippen molar-refractivity contribution < 1.29 is 18.0 Å². The molecule has 1 aliphatic carbocycles. The van der Waals surface area contributed by atoms with Crippen molar-refractivity contribution in [3.63, 3.8) is 0 Å². The average Bonchev–Trinajstić information content (AvgIpc) is 2.29. The van der Waals surface area contributed by atoms with Crippen molar-refractivity contribution in [3.05, 3.63) is 34.9 Å². The molecule has 0 bridgehead atoms. The number of benzene rings is 1. The van der Waals surface area contributed by atoms with Gasteiger partial charge >= 0.3 is 6.18 Å². The van der Waals surface area contributed by atoms with Crippen molar-refractivity contribution in [2.75, 3.05) is 0 Å². The van der Waals surface area contributed by atoms with Crippen LogP contribution in [-0.4, -0.2) is 5.78 Å². The summed E-state index contributed by atoms with van der Waals surface area (Å²) in [6.45, 7) is 1.65. The largest absolute Gasteiger partial charge is 0.416 e. The molecule has 1 saturated carbocycles. The Morgan fingerprint density at radius 3 is 2.50 bits per heavy atom. The zero-order chi connectivity index (χ0) is 13.3. The fourth-order valence-electron chi connectivity index (χ4n) is 2.55. The lowest BCUT2D eigenvalue weighted by Crippen LogP contribution is -2.18. The van der Waals surface area contributed by atoms with E-state index in [-0.39, 0.29) is 11.7 Å². The number of halogens is 3. The van der Waals surface area contributed by atoms with Gasteiger partial charge in [-0.05, 0) is 43.0 Å². The molecule has 1 unspecified atom stereocenters. The van der Waals surface area contributed by atoms with Gasteiger partial charge in [0.2, 0.25) is 0 Å². The molecule has 2 rings (SSSR count). The fraction of sp³-hybridized carbons (Fsp3) is 0.500. The van der Waals surface area contributed by atoms with Crippen LogP contribution in [0, 0.1) is 6.92 Å². The molecule has 1 nitrogen and oxygen atoms in total. The van der Waals surface area contributed by atoms with Crippen molar-refractivity contribution in [3.8, 4) is 0 Å². The number of ketones is 1. The first-order valence-electron chi connectivity index (χ1n) is 6.10. The quantitative estimate of drug-likeness (QED) is 0.734. The SMILES string of the molecule is Cc1cc(C(F)(F)F)ccc1C1CCCCC1=O. The number of alkyl halides is 3. The van der Waals surface area contributed by atoms with Crippen LogP contribution in [0.5, 0.6) is 0 Å². The highest BCUT2D eigenvalue weighted by molar-refractivity contribution is 5.86. The first kappa shape index (κ1) is 13.1. The maximum absolute atomic E-state index is 12.6. The summed E-state index contributed by atoms with van der Waals surface area (Å²) in [5.41, 5.74) is 0.671. The van der Waals surface area contributed by atoms with E-state index in [9.17, 15) is 18.0 Å². The van der Waals surface area contributed by atoms with Crippen LogP contribution in [0.15, 0.2) is 18.2 Å². The molecule has 98 valence electrons. The Kier molecular flexibility index (Phi) is 3.46.